The number of nitrogens with one attached hydrogen (secondary N) is 1. The van der Waals surface area contributed by atoms with Gasteiger partial charge in [-0.15, -0.1) is 0 Å². The first-order valence-corrected chi connectivity index (χ1v) is 11.8. The SMILES string of the molecule is Cc1c2cnn(-c3ccccc3)c(=O)c2c(C)n1CCCC(=O)NC1CCCC(C)C1C. The molecule has 32 heavy (non-hydrogen) atoms. The van der Waals surface area contributed by atoms with Gasteiger partial charge in [0.2, 0.25) is 5.91 Å². The van der Waals surface area contributed by atoms with Gasteiger partial charge in [0.05, 0.1) is 17.3 Å². The lowest BCUT2D eigenvalue weighted by molar-refractivity contribution is -0.122. The van der Waals surface area contributed by atoms with Crippen molar-refractivity contribution in [1.29, 1.82) is 0 Å². The molecule has 3 aromatic rings. The highest BCUT2D eigenvalue weighted by atomic mass is 16.1. The van der Waals surface area contributed by atoms with E-state index in [9.17, 15) is 9.59 Å². The van der Waals surface area contributed by atoms with Gasteiger partial charge >= 0.3 is 0 Å². The molecule has 0 saturated heterocycles. The Bertz CT molecular complexity index is 1160. The second-order valence-corrected chi connectivity index (χ2v) is 9.35. The van der Waals surface area contributed by atoms with Crippen LogP contribution in [0.1, 0.15) is 57.3 Å². The number of rotatable bonds is 6. The zero-order chi connectivity index (χ0) is 22.8. The average molecular weight is 435 g/mol. The molecule has 0 radical (unpaired) electrons. The number of hydrogen-bond donors (Lipinski definition) is 1. The standard InChI is InChI=1S/C26H34N4O2/c1-17-10-8-13-23(18(17)2)28-24(31)14-9-15-29-19(3)22-16-27-30(21-11-6-5-7-12-21)26(32)25(22)20(29)4/h5-7,11-12,16-18,23H,8-10,13-15H2,1-4H3,(H,28,31). The van der Waals surface area contributed by atoms with E-state index in [1.54, 1.807) is 6.20 Å². The van der Waals surface area contributed by atoms with Crippen molar-refractivity contribution < 1.29 is 4.79 Å². The first-order chi connectivity index (χ1) is 15.4. The number of amides is 1. The Labute approximate surface area is 189 Å². The van der Waals surface area contributed by atoms with Gasteiger partial charge in [0.15, 0.2) is 0 Å². The molecule has 6 nitrogen and oxygen atoms in total. The van der Waals surface area contributed by atoms with E-state index in [-0.39, 0.29) is 11.5 Å². The normalized spacial score (nSPS) is 21.1. The van der Waals surface area contributed by atoms with E-state index in [1.165, 1.54) is 17.5 Å². The molecule has 1 aromatic carbocycles. The van der Waals surface area contributed by atoms with Crippen molar-refractivity contribution in [1.82, 2.24) is 19.7 Å². The molecule has 3 unspecified atom stereocenters. The Morgan fingerprint density at radius 3 is 2.62 bits per heavy atom. The quantitative estimate of drug-likeness (QED) is 0.620. The lowest BCUT2D eigenvalue weighted by atomic mass is 9.78. The molecular weight excluding hydrogens is 400 g/mol. The van der Waals surface area contributed by atoms with Crippen molar-refractivity contribution in [2.75, 3.05) is 0 Å². The van der Waals surface area contributed by atoms with Crippen LogP contribution in [0.2, 0.25) is 0 Å². The maximum absolute atomic E-state index is 13.2. The molecule has 170 valence electrons. The fourth-order valence-corrected chi connectivity index (χ4v) is 5.16. The van der Waals surface area contributed by atoms with E-state index in [0.29, 0.717) is 36.2 Å². The topological polar surface area (TPSA) is 68.9 Å². The van der Waals surface area contributed by atoms with Crippen LogP contribution in [0.3, 0.4) is 0 Å². The summed E-state index contributed by atoms with van der Waals surface area (Å²) in [6.45, 7) is 9.25. The lowest BCUT2D eigenvalue weighted by Gasteiger charge is -2.34. The van der Waals surface area contributed by atoms with Crippen LogP contribution >= 0.6 is 0 Å². The highest BCUT2D eigenvalue weighted by Crippen LogP contribution is 2.29. The summed E-state index contributed by atoms with van der Waals surface area (Å²) in [6.07, 6.45) is 6.55. The average Bonchev–Trinajstić information content (AvgIpc) is 3.03. The van der Waals surface area contributed by atoms with Crippen LogP contribution in [-0.4, -0.2) is 26.3 Å². The molecule has 1 N–H and O–H groups in total. The molecule has 2 heterocycles. The third kappa shape index (κ3) is 4.23. The summed E-state index contributed by atoms with van der Waals surface area (Å²) in [6, 6.07) is 9.78. The number of para-hydroxylation sites is 1. The monoisotopic (exact) mass is 434 g/mol. The minimum Gasteiger partial charge on any atom is -0.353 e. The third-order valence-electron chi connectivity index (χ3n) is 7.38. The van der Waals surface area contributed by atoms with E-state index < -0.39 is 0 Å². The van der Waals surface area contributed by atoms with Gasteiger partial charge in [0.25, 0.3) is 5.56 Å². The molecule has 1 aliphatic carbocycles. The first-order valence-electron chi connectivity index (χ1n) is 11.8. The summed E-state index contributed by atoms with van der Waals surface area (Å²) >= 11 is 0. The zero-order valence-corrected chi connectivity index (χ0v) is 19.6. The van der Waals surface area contributed by atoms with Gasteiger partial charge in [-0.3, -0.25) is 9.59 Å². The molecule has 1 aliphatic rings. The number of aryl methyl sites for hydroxylation is 2. The van der Waals surface area contributed by atoms with Crippen molar-refractivity contribution in [3.8, 4) is 5.69 Å². The van der Waals surface area contributed by atoms with E-state index in [1.807, 2.05) is 44.2 Å². The smallest absolute Gasteiger partial charge is 0.281 e. The number of fused-ring (bicyclic) bond motifs is 1. The molecular formula is C26H34N4O2. The van der Waals surface area contributed by atoms with Gasteiger partial charge in [-0.2, -0.15) is 9.78 Å². The first kappa shape index (κ1) is 22.3. The Morgan fingerprint density at radius 1 is 1.12 bits per heavy atom. The molecule has 3 atom stereocenters. The van der Waals surface area contributed by atoms with Crippen LogP contribution in [0.25, 0.3) is 16.5 Å². The number of carbonyl (C=O) groups excluding carboxylic acids is 1. The minimum atomic E-state index is -0.105. The molecule has 0 spiro atoms. The van der Waals surface area contributed by atoms with Gasteiger partial charge in [0, 0.05) is 35.8 Å². The minimum absolute atomic E-state index is 0.105. The Kier molecular flexibility index (Phi) is 6.49. The van der Waals surface area contributed by atoms with Gasteiger partial charge in [-0.25, -0.2) is 0 Å². The second kappa shape index (κ2) is 9.31. The Balaban J connectivity index is 1.47. The van der Waals surface area contributed by atoms with Crippen molar-refractivity contribution in [2.24, 2.45) is 11.8 Å². The molecule has 1 amide bonds. The molecule has 1 fully saturated rings. The van der Waals surface area contributed by atoms with Crippen LogP contribution in [-0.2, 0) is 11.3 Å². The molecule has 6 heteroatoms. The van der Waals surface area contributed by atoms with Crippen molar-refractivity contribution in [3.05, 3.63) is 58.3 Å². The van der Waals surface area contributed by atoms with E-state index in [4.69, 9.17) is 0 Å². The number of carbonyl (C=O) groups is 1. The van der Waals surface area contributed by atoms with Crippen LogP contribution < -0.4 is 10.9 Å². The molecule has 0 bridgehead atoms. The van der Waals surface area contributed by atoms with Crippen molar-refractivity contribution in [3.63, 3.8) is 0 Å². The largest absolute Gasteiger partial charge is 0.353 e. The summed E-state index contributed by atoms with van der Waals surface area (Å²) < 4.78 is 3.61. The number of benzene rings is 1. The second-order valence-electron chi connectivity index (χ2n) is 9.35. The van der Waals surface area contributed by atoms with Crippen LogP contribution in [0.15, 0.2) is 41.3 Å². The van der Waals surface area contributed by atoms with E-state index >= 15 is 0 Å². The fourth-order valence-electron chi connectivity index (χ4n) is 5.16. The van der Waals surface area contributed by atoms with Gasteiger partial charge in [-0.05, 0) is 50.7 Å². The van der Waals surface area contributed by atoms with Crippen LogP contribution in [0, 0.1) is 25.7 Å². The molecule has 4 rings (SSSR count). The van der Waals surface area contributed by atoms with E-state index in [0.717, 1.165) is 35.3 Å². The van der Waals surface area contributed by atoms with Gasteiger partial charge in [0.1, 0.15) is 0 Å². The highest BCUT2D eigenvalue weighted by molar-refractivity contribution is 5.87. The van der Waals surface area contributed by atoms with Crippen LogP contribution in [0.4, 0.5) is 0 Å². The van der Waals surface area contributed by atoms with Crippen molar-refractivity contribution in [2.45, 2.75) is 72.4 Å². The summed E-state index contributed by atoms with van der Waals surface area (Å²) in [5, 5.41) is 9.26. The van der Waals surface area contributed by atoms with E-state index in [2.05, 4.69) is 28.8 Å². The maximum Gasteiger partial charge on any atom is 0.281 e. The predicted octanol–water partition coefficient (Wildman–Crippen LogP) is 4.53. The fraction of sp³-hybridized carbons (Fsp3) is 0.500. The molecule has 0 aliphatic heterocycles. The van der Waals surface area contributed by atoms with Gasteiger partial charge < -0.3 is 9.88 Å². The number of aromatic nitrogens is 3. The van der Waals surface area contributed by atoms with Crippen molar-refractivity contribution >= 4 is 16.7 Å². The summed E-state index contributed by atoms with van der Waals surface area (Å²) in [5.41, 5.74) is 2.61. The molecule has 2 aromatic heterocycles. The number of nitrogens with zero attached hydrogens (tertiary/aromatic N) is 3. The van der Waals surface area contributed by atoms with Crippen LogP contribution in [0.5, 0.6) is 0 Å². The highest BCUT2D eigenvalue weighted by Gasteiger charge is 2.28. The zero-order valence-electron chi connectivity index (χ0n) is 19.6. The summed E-state index contributed by atoms with van der Waals surface area (Å²) in [4.78, 5) is 25.8. The lowest BCUT2D eigenvalue weighted by Crippen LogP contribution is -2.43. The Hall–Kier alpha value is -2.89. The predicted molar refractivity (Wildman–Crippen MR) is 128 cm³/mol. The third-order valence-corrected chi connectivity index (χ3v) is 7.38. The van der Waals surface area contributed by atoms with Gasteiger partial charge in [-0.1, -0.05) is 44.9 Å². The maximum atomic E-state index is 13.2. The Morgan fingerprint density at radius 2 is 1.88 bits per heavy atom. The molecule has 1 saturated carbocycles. The number of hydrogen-bond acceptors (Lipinski definition) is 3. The summed E-state index contributed by atoms with van der Waals surface area (Å²) in [5.74, 6) is 1.34. The summed E-state index contributed by atoms with van der Waals surface area (Å²) in [7, 11) is 0.